The van der Waals surface area contributed by atoms with Crippen molar-refractivity contribution in [3.63, 3.8) is 0 Å². The molecule has 0 saturated carbocycles. The first-order valence-electron chi connectivity index (χ1n) is 3.71. The lowest BCUT2D eigenvalue weighted by molar-refractivity contribution is -0.141. The van der Waals surface area contributed by atoms with Crippen molar-refractivity contribution in [2.24, 2.45) is 0 Å². The molecule has 1 rings (SSSR count). The number of rotatable bonds is 2. The monoisotopic (exact) mass is 163 g/mol. The standard InChI is InChI=1S/C10H11O2/c1-8(10(11)12-2)9-6-4-3-5-7-9/h3-8H,1H2,2H3/t8-/m1/s1. The van der Waals surface area contributed by atoms with E-state index in [0.29, 0.717) is 0 Å². The number of carbonyl (C=O) groups is 1. The van der Waals surface area contributed by atoms with E-state index in [2.05, 4.69) is 11.7 Å². The molecule has 1 radical (unpaired) electrons. The predicted octanol–water partition coefficient (Wildman–Crippen LogP) is 1.78. The van der Waals surface area contributed by atoms with Crippen molar-refractivity contribution in [1.29, 1.82) is 0 Å². The van der Waals surface area contributed by atoms with Crippen molar-refractivity contribution < 1.29 is 9.53 Å². The number of benzene rings is 1. The van der Waals surface area contributed by atoms with Gasteiger partial charge in [-0.05, 0) is 12.5 Å². The highest BCUT2D eigenvalue weighted by Crippen LogP contribution is 2.14. The molecule has 1 aromatic rings. The lowest BCUT2D eigenvalue weighted by Crippen LogP contribution is -2.10. The van der Waals surface area contributed by atoms with Crippen LogP contribution in [0.5, 0.6) is 0 Å². The molecule has 0 spiro atoms. The number of ether oxygens (including phenoxy) is 1. The van der Waals surface area contributed by atoms with Crippen LogP contribution in [0.4, 0.5) is 0 Å². The highest BCUT2D eigenvalue weighted by atomic mass is 16.5. The normalized spacial score (nSPS) is 12.2. The summed E-state index contributed by atoms with van der Waals surface area (Å²) in [5.41, 5.74) is 0.879. The van der Waals surface area contributed by atoms with E-state index in [1.165, 1.54) is 7.11 Å². The van der Waals surface area contributed by atoms with Crippen LogP contribution in [0.1, 0.15) is 11.5 Å². The summed E-state index contributed by atoms with van der Waals surface area (Å²) in [5.74, 6) is -0.725. The van der Waals surface area contributed by atoms with E-state index in [1.807, 2.05) is 30.3 Å². The maximum Gasteiger partial charge on any atom is 0.313 e. The molecule has 0 bridgehead atoms. The minimum Gasteiger partial charge on any atom is -0.469 e. The number of carbonyl (C=O) groups excluding carboxylic acids is 1. The summed E-state index contributed by atoms with van der Waals surface area (Å²) in [5, 5.41) is 0. The number of esters is 1. The fraction of sp³-hybridized carbons (Fsp3) is 0.200. The zero-order chi connectivity index (χ0) is 8.97. The van der Waals surface area contributed by atoms with Crippen molar-refractivity contribution in [3.8, 4) is 0 Å². The largest absolute Gasteiger partial charge is 0.469 e. The zero-order valence-electron chi connectivity index (χ0n) is 6.99. The van der Waals surface area contributed by atoms with Crippen LogP contribution >= 0.6 is 0 Å². The summed E-state index contributed by atoms with van der Waals surface area (Å²) in [6.07, 6.45) is 0. The van der Waals surface area contributed by atoms with E-state index < -0.39 is 5.92 Å². The van der Waals surface area contributed by atoms with Crippen LogP contribution in [-0.4, -0.2) is 13.1 Å². The first kappa shape index (κ1) is 8.78. The first-order chi connectivity index (χ1) is 5.75. The second-order valence-electron chi connectivity index (χ2n) is 2.49. The fourth-order valence-corrected chi connectivity index (χ4v) is 0.964. The Morgan fingerprint density at radius 2 is 2.00 bits per heavy atom. The molecule has 12 heavy (non-hydrogen) atoms. The zero-order valence-corrected chi connectivity index (χ0v) is 6.99. The van der Waals surface area contributed by atoms with Gasteiger partial charge in [-0.2, -0.15) is 0 Å². The second kappa shape index (κ2) is 3.90. The van der Waals surface area contributed by atoms with Crippen LogP contribution in [0.25, 0.3) is 0 Å². The van der Waals surface area contributed by atoms with E-state index in [0.717, 1.165) is 5.56 Å². The van der Waals surface area contributed by atoms with Crippen molar-refractivity contribution in [2.45, 2.75) is 5.92 Å². The van der Waals surface area contributed by atoms with Crippen LogP contribution < -0.4 is 0 Å². The number of hydrogen-bond acceptors (Lipinski definition) is 2. The van der Waals surface area contributed by atoms with Gasteiger partial charge in [0.05, 0.1) is 13.0 Å². The minimum atomic E-state index is -0.420. The molecule has 2 nitrogen and oxygen atoms in total. The van der Waals surface area contributed by atoms with Gasteiger partial charge in [-0.3, -0.25) is 4.79 Å². The molecule has 63 valence electrons. The molecule has 0 fully saturated rings. The van der Waals surface area contributed by atoms with E-state index in [9.17, 15) is 4.79 Å². The van der Waals surface area contributed by atoms with Gasteiger partial charge in [-0.1, -0.05) is 30.3 Å². The van der Waals surface area contributed by atoms with Gasteiger partial charge in [0, 0.05) is 0 Å². The van der Waals surface area contributed by atoms with E-state index >= 15 is 0 Å². The molecule has 1 atom stereocenters. The minimum absolute atomic E-state index is 0.304. The molecule has 0 saturated heterocycles. The summed E-state index contributed by atoms with van der Waals surface area (Å²) < 4.78 is 4.56. The highest BCUT2D eigenvalue weighted by Gasteiger charge is 2.14. The molecular weight excluding hydrogens is 152 g/mol. The molecule has 0 aliphatic rings. The molecule has 2 heteroatoms. The van der Waals surface area contributed by atoms with Gasteiger partial charge < -0.3 is 4.74 Å². The van der Waals surface area contributed by atoms with Gasteiger partial charge in [-0.25, -0.2) is 0 Å². The Bertz CT molecular complexity index is 254. The van der Waals surface area contributed by atoms with Gasteiger partial charge in [0.25, 0.3) is 0 Å². The van der Waals surface area contributed by atoms with Gasteiger partial charge in [0.1, 0.15) is 0 Å². The summed E-state index contributed by atoms with van der Waals surface area (Å²) in [6, 6.07) is 9.35. The summed E-state index contributed by atoms with van der Waals surface area (Å²) in [7, 11) is 1.36. The lowest BCUT2D eigenvalue weighted by atomic mass is 10.0. The topological polar surface area (TPSA) is 26.3 Å². The highest BCUT2D eigenvalue weighted by molar-refractivity contribution is 5.78. The molecule has 0 aliphatic heterocycles. The van der Waals surface area contributed by atoms with Crippen LogP contribution in [0, 0.1) is 6.92 Å². The fourth-order valence-electron chi connectivity index (χ4n) is 0.964. The molecule has 0 aliphatic carbocycles. The van der Waals surface area contributed by atoms with Gasteiger partial charge in [0.15, 0.2) is 0 Å². The SMILES string of the molecule is [CH2][C@@H](C(=O)OC)c1ccccc1. The Balaban J connectivity index is 2.78. The van der Waals surface area contributed by atoms with Gasteiger partial charge in [0.2, 0.25) is 0 Å². The van der Waals surface area contributed by atoms with Gasteiger partial charge in [-0.15, -0.1) is 0 Å². The number of methoxy groups -OCH3 is 1. The van der Waals surface area contributed by atoms with Crippen molar-refractivity contribution in [1.82, 2.24) is 0 Å². The van der Waals surface area contributed by atoms with Crippen molar-refractivity contribution >= 4 is 5.97 Å². The third-order valence-corrected chi connectivity index (χ3v) is 1.69. The van der Waals surface area contributed by atoms with Gasteiger partial charge >= 0.3 is 5.97 Å². The van der Waals surface area contributed by atoms with Crippen molar-refractivity contribution in [3.05, 3.63) is 42.8 Å². The Hall–Kier alpha value is -1.31. The second-order valence-corrected chi connectivity index (χ2v) is 2.49. The molecule has 0 heterocycles. The molecule has 0 aromatic heterocycles. The number of hydrogen-bond donors (Lipinski definition) is 0. The van der Waals surface area contributed by atoms with E-state index in [4.69, 9.17) is 0 Å². The van der Waals surface area contributed by atoms with Crippen LogP contribution in [0.3, 0.4) is 0 Å². The van der Waals surface area contributed by atoms with Crippen LogP contribution in [-0.2, 0) is 9.53 Å². The third kappa shape index (κ3) is 1.84. The van der Waals surface area contributed by atoms with Crippen molar-refractivity contribution in [2.75, 3.05) is 7.11 Å². The Labute approximate surface area is 72.2 Å². The molecular formula is C10H11O2. The third-order valence-electron chi connectivity index (χ3n) is 1.69. The van der Waals surface area contributed by atoms with E-state index in [1.54, 1.807) is 0 Å². The molecule has 0 amide bonds. The maximum atomic E-state index is 11.0. The van der Waals surface area contributed by atoms with E-state index in [-0.39, 0.29) is 5.97 Å². The lowest BCUT2D eigenvalue weighted by Gasteiger charge is -2.07. The summed E-state index contributed by atoms with van der Waals surface area (Å²) >= 11 is 0. The average molecular weight is 163 g/mol. The smallest absolute Gasteiger partial charge is 0.313 e. The van der Waals surface area contributed by atoms with Crippen LogP contribution in [0.2, 0.25) is 0 Å². The first-order valence-corrected chi connectivity index (χ1v) is 3.71. The summed E-state index contributed by atoms with van der Waals surface area (Å²) in [6.45, 7) is 3.70. The molecule has 1 aromatic carbocycles. The maximum absolute atomic E-state index is 11.0. The Kier molecular flexibility index (Phi) is 2.86. The Morgan fingerprint density at radius 1 is 1.42 bits per heavy atom. The molecule has 0 N–H and O–H groups in total. The molecule has 0 unspecified atom stereocenters. The quantitative estimate of drug-likeness (QED) is 0.621. The average Bonchev–Trinajstić information content (AvgIpc) is 2.17. The van der Waals surface area contributed by atoms with Crippen LogP contribution in [0.15, 0.2) is 30.3 Å². The predicted molar refractivity (Wildman–Crippen MR) is 46.6 cm³/mol. The Morgan fingerprint density at radius 3 is 2.50 bits per heavy atom. The summed E-state index contributed by atoms with van der Waals surface area (Å²) in [4.78, 5) is 11.0.